The van der Waals surface area contributed by atoms with Crippen LogP contribution in [-0.2, 0) is 32.6 Å². The van der Waals surface area contributed by atoms with Crippen LogP contribution in [0.3, 0.4) is 0 Å². The highest BCUT2D eigenvalue weighted by molar-refractivity contribution is 7.89. The Kier molecular flexibility index (Phi) is 8.97. The lowest BCUT2D eigenvalue weighted by atomic mass is 10.1. The van der Waals surface area contributed by atoms with E-state index in [0.29, 0.717) is 12.2 Å². The summed E-state index contributed by atoms with van der Waals surface area (Å²) >= 11 is 0. The van der Waals surface area contributed by atoms with Crippen molar-refractivity contribution >= 4 is 21.8 Å². The normalized spacial score (nSPS) is 11.4. The summed E-state index contributed by atoms with van der Waals surface area (Å²) in [7, 11) is -2.20. The number of carbonyl (C=O) groups excluding carboxylic acids is 2. The Morgan fingerprint density at radius 2 is 1.74 bits per heavy atom. The van der Waals surface area contributed by atoms with Crippen LogP contribution in [0.25, 0.3) is 0 Å². The molecule has 1 aromatic heterocycles. The van der Waals surface area contributed by atoms with Gasteiger partial charge in [-0.15, -0.1) is 0 Å². The molecule has 3 rings (SSSR count). The van der Waals surface area contributed by atoms with E-state index in [1.807, 2.05) is 48.7 Å². The molecule has 1 heterocycles. The molecule has 9 heteroatoms. The van der Waals surface area contributed by atoms with Crippen molar-refractivity contribution < 1.29 is 27.5 Å². The van der Waals surface area contributed by atoms with Crippen LogP contribution in [0.2, 0.25) is 0 Å². The average molecular weight is 499 g/mol. The number of aromatic nitrogens is 1. The number of hydrogen-bond donors (Lipinski definition) is 1. The predicted octanol–water partition coefficient (Wildman–Crippen LogP) is 3.66. The van der Waals surface area contributed by atoms with Crippen LogP contribution in [0.1, 0.15) is 44.1 Å². The van der Waals surface area contributed by atoms with Gasteiger partial charge in [0.25, 0.3) is 0 Å². The summed E-state index contributed by atoms with van der Waals surface area (Å²) in [6.45, 7) is 4.79. The Labute approximate surface area is 205 Å². The average Bonchev–Trinajstić information content (AvgIpc) is 3.15. The van der Waals surface area contributed by atoms with Gasteiger partial charge in [0.2, 0.25) is 15.8 Å². The molecule has 8 nitrogen and oxygen atoms in total. The number of nitrogens with zero attached hydrogens (tertiary/aromatic N) is 1. The summed E-state index contributed by atoms with van der Waals surface area (Å²) in [5, 5.41) is 0. The van der Waals surface area contributed by atoms with Crippen LogP contribution in [0, 0.1) is 13.8 Å². The Balaban J connectivity index is 1.63. The highest BCUT2D eigenvalue weighted by Gasteiger charge is 2.20. The van der Waals surface area contributed by atoms with E-state index >= 15 is 0 Å². The summed E-state index contributed by atoms with van der Waals surface area (Å²) < 4.78 is 40.2. The molecule has 0 amide bonds. The number of aryl methyl sites for hydroxylation is 1. The van der Waals surface area contributed by atoms with Crippen LogP contribution >= 0.6 is 0 Å². The molecule has 0 bridgehead atoms. The number of ketones is 1. The third kappa shape index (κ3) is 6.88. The fourth-order valence-corrected chi connectivity index (χ4v) is 4.80. The van der Waals surface area contributed by atoms with Crippen LogP contribution in [0.5, 0.6) is 0 Å². The zero-order valence-electron chi connectivity index (χ0n) is 20.1. The number of hydrogen-bond acceptors (Lipinski definition) is 6. The van der Waals surface area contributed by atoms with Crippen molar-refractivity contribution in [3.05, 3.63) is 88.7 Å². The van der Waals surface area contributed by atoms with Gasteiger partial charge < -0.3 is 14.0 Å². The van der Waals surface area contributed by atoms with Crippen molar-refractivity contribution in [1.29, 1.82) is 0 Å². The minimum atomic E-state index is -3.84. The van der Waals surface area contributed by atoms with E-state index in [9.17, 15) is 18.0 Å². The number of ether oxygens (including phenoxy) is 2. The van der Waals surface area contributed by atoms with Crippen molar-refractivity contribution in [2.75, 3.05) is 20.3 Å². The van der Waals surface area contributed by atoms with Gasteiger partial charge in [-0.05, 0) is 50.1 Å². The van der Waals surface area contributed by atoms with Crippen LogP contribution < -0.4 is 4.72 Å². The van der Waals surface area contributed by atoms with Gasteiger partial charge in [0.15, 0.2) is 6.61 Å². The second-order valence-electron chi connectivity index (χ2n) is 8.12. The molecule has 0 atom stereocenters. The summed E-state index contributed by atoms with van der Waals surface area (Å²) in [5.74, 6) is -1.09. The molecule has 35 heavy (non-hydrogen) atoms. The zero-order chi connectivity index (χ0) is 25.4. The molecule has 0 saturated carbocycles. The fraction of sp³-hybridized carbons (Fsp3) is 0.308. The first kappa shape index (κ1) is 26.3. The third-order valence-electron chi connectivity index (χ3n) is 5.63. The maximum absolute atomic E-state index is 12.7. The van der Waals surface area contributed by atoms with Crippen LogP contribution in [0.15, 0.2) is 65.6 Å². The van der Waals surface area contributed by atoms with Gasteiger partial charge in [-0.1, -0.05) is 36.4 Å². The molecule has 0 aliphatic heterocycles. The molecule has 0 saturated heterocycles. The van der Waals surface area contributed by atoms with Gasteiger partial charge in [0.1, 0.15) is 0 Å². The molecular formula is C26H30N2O6S. The summed E-state index contributed by atoms with van der Waals surface area (Å²) in [4.78, 5) is 25.2. The summed E-state index contributed by atoms with van der Waals surface area (Å²) in [6, 6.07) is 16.4. The zero-order valence-corrected chi connectivity index (χ0v) is 20.9. The topological polar surface area (TPSA) is 104 Å². The van der Waals surface area contributed by atoms with Gasteiger partial charge >= 0.3 is 5.97 Å². The molecular weight excluding hydrogens is 468 g/mol. The summed E-state index contributed by atoms with van der Waals surface area (Å²) in [6.07, 6.45) is 0.814. The van der Waals surface area contributed by atoms with Gasteiger partial charge in [-0.2, -0.15) is 0 Å². The first-order valence-corrected chi connectivity index (χ1v) is 12.7. The number of esters is 1. The number of nitrogens with one attached hydrogen (secondary N) is 1. The van der Waals surface area contributed by atoms with Crippen molar-refractivity contribution in [3.63, 3.8) is 0 Å². The molecule has 0 fully saturated rings. The molecule has 0 aliphatic carbocycles. The Morgan fingerprint density at radius 1 is 1.00 bits per heavy atom. The van der Waals surface area contributed by atoms with Crippen molar-refractivity contribution in [2.45, 2.75) is 38.3 Å². The molecule has 186 valence electrons. The van der Waals surface area contributed by atoms with Gasteiger partial charge in [-0.3, -0.25) is 4.79 Å². The van der Waals surface area contributed by atoms with Gasteiger partial charge in [0, 0.05) is 43.8 Å². The maximum atomic E-state index is 12.7. The second kappa shape index (κ2) is 11.9. The standard InChI is InChI=1S/C26H30N2O6S/c1-19-15-24(20(2)28(19)13-8-14-33-3)25(29)18-34-26(30)22-11-7-12-23(16-22)35(31,32)27-17-21-9-5-4-6-10-21/h4-7,9-12,15-16,27H,8,13-14,17-18H2,1-3H3. The van der Waals surface area contributed by atoms with E-state index in [1.54, 1.807) is 13.2 Å². The first-order valence-electron chi connectivity index (χ1n) is 11.2. The Bertz CT molecular complexity index is 1280. The van der Waals surface area contributed by atoms with Crippen LogP contribution in [0.4, 0.5) is 0 Å². The number of carbonyl (C=O) groups is 2. The molecule has 0 radical (unpaired) electrons. The fourth-order valence-electron chi connectivity index (χ4n) is 3.73. The van der Waals surface area contributed by atoms with E-state index in [4.69, 9.17) is 9.47 Å². The van der Waals surface area contributed by atoms with E-state index in [-0.39, 0.29) is 22.8 Å². The molecule has 0 aliphatic rings. The minimum absolute atomic E-state index is 0.0467. The van der Waals surface area contributed by atoms with Gasteiger partial charge in [-0.25, -0.2) is 17.9 Å². The first-order chi connectivity index (χ1) is 16.7. The van der Waals surface area contributed by atoms with Crippen molar-refractivity contribution in [1.82, 2.24) is 9.29 Å². The smallest absolute Gasteiger partial charge is 0.338 e. The Hall–Kier alpha value is -3.27. The predicted molar refractivity (Wildman–Crippen MR) is 132 cm³/mol. The Morgan fingerprint density at radius 3 is 2.46 bits per heavy atom. The van der Waals surface area contributed by atoms with Gasteiger partial charge in [0.05, 0.1) is 10.5 Å². The van der Waals surface area contributed by atoms with E-state index in [1.165, 1.54) is 24.3 Å². The molecule has 3 aromatic rings. The number of Topliss-reactive ketones (excluding diaryl/α,β-unsaturated/α-hetero) is 1. The summed E-state index contributed by atoms with van der Waals surface area (Å²) in [5.41, 5.74) is 3.09. The second-order valence-corrected chi connectivity index (χ2v) is 9.89. The SMILES string of the molecule is COCCCn1c(C)cc(C(=O)COC(=O)c2cccc(S(=O)(=O)NCc3ccccc3)c2)c1C. The monoisotopic (exact) mass is 498 g/mol. The molecule has 0 unspecified atom stereocenters. The number of sulfonamides is 1. The maximum Gasteiger partial charge on any atom is 0.338 e. The van der Waals surface area contributed by atoms with E-state index in [0.717, 1.165) is 29.9 Å². The van der Waals surface area contributed by atoms with E-state index in [2.05, 4.69) is 4.72 Å². The number of benzene rings is 2. The molecule has 0 spiro atoms. The minimum Gasteiger partial charge on any atom is -0.454 e. The lowest BCUT2D eigenvalue weighted by Gasteiger charge is -2.10. The largest absolute Gasteiger partial charge is 0.454 e. The molecule has 2 aromatic carbocycles. The lowest BCUT2D eigenvalue weighted by Crippen LogP contribution is -2.23. The van der Waals surface area contributed by atoms with Crippen molar-refractivity contribution in [2.24, 2.45) is 0 Å². The molecule has 1 N–H and O–H groups in total. The number of methoxy groups -OCH3 is 1. The highest BCUT2D eigenvalue weighted by atomic mass is 32.2. The number of rotatable bonds is 12. The third-order valence-corrected chi connectivity index (χ3v) is 7.03. The highest BCUT2D eigenvalue weighted by Crippen LogP contribution is 2.18. The lowest BCUT2D eigenvalue weighted by molar-refractivity contribution is 0.0474. The van der Waals surface area contributed by atoms with Crippen molar-refractivity contribution in [3.8, 4) is 0 Å². The van der Waals surface area contributed by atoms with Crippen LogP contribution in [-0.4, -0.2) is 45.1 Å². The quantitative estimate of drug-likeness (QED) is 0.232. The van der Waals surface area contributed by atoms with E-state index < -0.39 is 22.6 Å².